The molecule has 0 spiro atoms. The molecule has 1 aromatic rings. The van der Waals surface area contributed by atoms with Gasteiger partial charge in [0.25, 0.3) is 0 Å². The first-order valence-electron chi connectivity index (χ1n) is 5.75. The van der Waals surface area contributed by atoms with Crippen LogP contribution in [0.5, 0.6) is 0 Å². The fourth-order valence-corrected chi connectivity index (χ4v) is 1.78. The van der Waals surface area contributed by atoms with E-state index in [0.717, 1.165) is 0 Å². The zero-order valence-electron chi connectivity index (χ0n) is 10.0. The Morgan fingerprint density at radius 3 is 2.78 bits per heavy atom. The number of carbonyl (C=O) groups is 1. The van der Waals surface area contributed by atoms with Crippen LogP contribution in [0.15, 0.2) is 30.3 Å². The van der Waals surface area contributed by atoms with Gasteiger partial charge in [-0.1, -0.05) is 18.2 Å². The van der Waals surface area contributed by atoms with Crippen molar-refractivity contribution in [3.8, 4) is 0 Å². The van der Waals surface area contributed by atoms with Crippen LogP contribution in [-0.4, -0.2) is 38.3 Å². The van der Waals surface area contributed by atoms with Crippen LogP contribution in [-0.2, 0) is 14.2 Å². The third kappa shape index (κ3) is 3.05. The SMILES string of the molecule is CO[C@@H]1C[C@@H](F)[C@H](COC(=O)c2ccccc2)O1. The van der Waals surface area contributed by atoms with Crippen molar-refractivity contribution in [3.05, 3.63) is 35.9 Å². The summed E-state index contributed by atoms with van der Waals surface area (Å²) in [5.74, 6) is -0.479. The number of hydrogen-bond acceptors (Lipinski definition) is 4. The highest BCUT2D eigenvalue weighted by atomic mass is 19.1. The number of hydrogen-bond donors (Lipinski definition) is 0. The summed E-state index contributed by atoms with van der Waals surface area (Å²) in [7, 11) is 1.45. The highest BCUT2D eigenvalue weighted by Gasteiger charge is 2.36. The fraction of sp³-hybridized carbons (Fsp3) is 0.462. The maximum Gasteiger partial charge on any atom is 0.338 e. The predicted octanol–water partition coefficient (Wildman–Crippen LogP) is 1.94. The largest absolute Gasteiger partial charge is 0.459 e. The Bertz CT molecular complexity index is 395. The van der Waals surface area contributed by atoms with E-state index in [0.29, 0.717) is 5.56 Å². The summed E-state index contributed by atoms with van der Waals surface area (Å²) in [4.78, 5) is 11.6. The van der Waals surface area contributed by atoms with Gasteiger partial charge in [-0.3, -0.25) is 0 Å². The van der Waals surface area contributed by atoms with Gasteiger partial charge in [-0.05, 0) is 12.1 Å². The van der Waals surface area contributed by atoms with Gasteiger partial charge in [0.2, 0.25) is 0 Å². The minimum atomic E-state index is -1.17. The first-order valence-corrected chi connectivity index (χ1v) is 5.75. The lowest BCUT2D eigenvalue weighted by Gasteiger charge is -2.13. The third-order valence-corrected chi connectivity index (χ3v) is 2.80. The number of ether oxygens (including phenoxy) is 3. The second-order valence-corrected chi connectivity index (χ2v) is 4.06. The molecule has 1 aliphatic rings. The number of benzene rings is 1. The van der Waals surface area contributed by atoms with Crippen LogP contribution in [0.2, 0.25) is 0 Å². The molecule has 1 aliphatic heterocycles. The van der Waals surface area contributed by atoms with Crippen LogP contribution in [0.25, 0.3) is 0 Å². The topological polar surface area (TPSA) is 44.8 Å². The number of halogens is 1. The number of alkyl halides is 1. The first-order chi connectivity index (χ1) is 8.70. The summed E-state index contributed by atoms with van der Waals surface area (Å²) < 4.78 is 28.6. The van der Waals surface area contributed by atoms with E-state index in [1.54, 1.807) is 30.3 Å². The van der Waals surface area contributed by atoms with Crippen LogP contribution in [0.3, 0.4) is 0 Å². The first kappa shape index (κ1) is 13.0. The molecular formula is C13H15FO4. The summed E-state index contributed by atoms with van der Waals surface area (Å²) >= 11 is 0. The average molecular weight is 254 g/mol. The standard InChI is InChI=1S/C13H15FO4/c1-16-12-7-10(14)11(18-12)8-17-13(15)9-5-3-2-4-6-9/h2-6,10-12H,7-8H2,1H3/t10-,11+,12+/m1/s1. The molecular weight excluding hydrogens is 239 g/mol. The minimum absolute atomic E-state index is 0.102. The highest BCUT2D eigenvalue weighted by molar-refractivity contribution is 5.89. The number of rotatable bonds is 4. The molecule has 0 N–H and O–H groups in total. The molecule has 0 bridgehead atoms. The van der Waals surface area contributed by atoms with Crippen molar-refractivity contribution >= 4 is 5.97 Å². The van der Waals surface area contributed by atoms with Crippen LogP contribution in [0, 0.1) is 0 Å². The Labute approximate surface area is 105 Å². The normalized spacial score (nSPS) is 27.1. The Kier molecular flexibility index (Phi) is 4.28. The zero-order valence-corrected chi connectivity index (χ0v) is 10.0. The van der Waals surface area contributed by atoms with Crippen molar-refractivity contribution < 1.29 is 23.4 Å². The molecule has 0 amide bonds. The molecule has 0 radical (unpaired) electrons. The van der Waals surface area contributed by atoms with Gasteiger partial charge in [-0.25, -0.2) is 9.18 Å². The van der Waals surface area contributed by atoms with Crippen molar-refractivity contribution in [2.45, 2.75) is 25.0 Å². The van der Waals surface area contributed by atoms with Crippen LogP contribution < -0.4 is 0 Å². The summed E-state index contributed by atoms with van der Waals surface area (Å²) in [6.07, 6.45) is -2.30. The average Bonchev–Trinajstić information content (AvgIpc) is 2.77. The quantitative estimate of drug-likeness (QED) is 0.770. The van der Waals surface area contributed by atoms with Crippen molar-refractivity contribution in [3.63, 3.8) is 0 Å². The Morgan fingerprint density at radius 1 is 1.44 bits per heavy atom. The summed E-state index contributed by atoms with van der Waals surface area (Å²) in [6.45, 7) is -0.102. The zero-order chi connectivity index (χ0) is 13.0. The van der Waals surface area contributed by atoms with Gasteiger partial charge in [-0.15, -0.1) is 0 Å². The summed E-state index contributed by atoms with van der Waals surface area (Å²) in [6, 6.07) is 8.56. The highest BCUT2D eigenvalue weighted by Crippen LogP contribution is 2.24. The smallest absolute Gasteiger partial charge is 0.338 e. The van der Waals surface area contributed by atoms with E-state index in [4.69, 9.17) is 14.2 Å². The molecule has 0 aliphatic carbocycles. The van der Waals surface area contributed by atoms with E-state index >= 15 is 0 Å². The molecule has 18 heavy (non-hydrogen) atoms. The molecule has 0 aromatic heterocycles. The third-order valence-electron chi connectivity index (χ3n) is 2.80. The predicted molar refractivity (Wildman–Crippen MR) is 61.9 cm³/mol. The van der Waals surface area contributed by atoms with Crippen LogP contribution in [0.1, 0.15) is 16.8 Å². The maximum atomic E-state index is 13.5. The lowest BCUT2D eigenvalue weighted by Crippen LogP contribution is -2.25. The Morgan fingerprint density at radius 2 is 2.17 bits per heavy atom. The molecule has 1 saturated heterocycles. The van der Waals surface area contributed by atoms with Crippen molar-refractivity contribution in [1.82, 2.24) is 0 Å². The molecule has 3 atom stereocenters. The fourth-order valence-electron chi connectivity index (χ4n) is 1.78. The number of carbonyl (C=O) groups excluding carboxylic acids is 1. The molecule has 1 fully saturated rings. The van der Waals surface area contributed by atoms with Crippen LogP contribution >= 0.6 is 0 Å². The molecule has 1 aromatic carbocycles. The van der Waals surface area contributed by atoms with Crippen molar-refractivity contribution in [1.29, 1.82) is 0 Å². The summed E-state index contributed by atoms with van der Waals surface area (Å²) in [5, 5.41) is 0. The minimum Gasteiger partial charge on any atom is -0.459 e. The number of methoxy groups -OCH3 is 1. The lowest BCUT2D eigenvalue weighted by atomic mass is 10.2. The summed E-state index contributed by atoms with van der Waals surface area (Å²) in [5.41, 5.74) is 0.439. The second-order valence-electron chi connectivity index (χ2n) is 4.06. The van der Waals surface area contributed by atoms with Gasteiger partial charge in [0.15, 0.2) is 6.29 Å². The lowest BCUT2D eigenvalue weighted by molar-refractivity contribution is -0.126. The Hall–Kier alpha value is -1.46. The van der Waals surface area contributed by atoms with Crippen molar-refractivity contribution in [2.75, 3.05) is 13.7 Å². The molecule has 98 valence electrons. The van der Waals surface area contributed by atoms with Gasteiger partial charge in [0.1, 0.15) is 18.9 Å². The van der Waals surface area contributed by atoms with E-state index in [2.05, 4.69) is 0 Å². The number of esters is 1. The molecule has 4 nitrogen and oxygen atoms in total. The van der Waals surface area contributed by atoms with Crippen LogP contribution in [0.4, 0.5) is 4.39 Å². The second kappa shape index (κ2) is 5.93. The monoisotopic (exact) mass is 254 g/mol. The van der Waals surface area contributed by atoms with E-state index in [1.807, 2.05) is 0 Å². The van der Waals surface area contributed by atoms with Gasteiger partial charge >= 0.3 is 5.97 Å². The molecule has 1 heterocycles. The van der Waals surface area contributed by atoms with Gasteiger partial charge in [0, 0.05) is 13.5 Å². The molecule has 2 rings (SSSR count). The van der Waals surface area contributed by atoms with E-state index in [-0.39, 0.29) is 13.0 Å². The van der Waals surface area contributed by atoms with E-state index in [1.165, 1.54) is 7.11 Å². The molecule has 5 heteroatoms. The van der Waals surface area contributed by atoms with E-state index < -0.39 is 24.5 Å². The molecule has 0 saturated carbocycles. The van der Waals surface area contributed by atoms with E-state index in [9.17, 15) is 9.18 Å². The Balaban J connectivity index is 1.83. The maximum absolute atomic E-state index is 13.5. The van der Waals surface area contributed by atoms with Crippen molar-refractivity contribution in [2.24, 2.45) is 0 Å². The van der Waals surface area contributed by atoms with Gasteiger partial charge in [0.05, 0.1) is 5.56 Å². The van der Waals surface area contributed by atoms with Gasteiger partial charge < -0.3 is 14.2 Å². The van der Waals surface area contributed by atoms with Gasteiger partial charge in [-0.2, -0.15) is 0 Å². The molecule has 0 unspecified atom stereocenters.